The summed E-state index contributed by atoms with van der Waals surface area (Å²) in [5, 5.41) is 0. The molecule has 0 fully saturated rings. The van der Waals surface area contributed by atoms with E-state index in [1.807, 2.05) is 6.92 Å². The van der Waals surface area contributed by atoms with E-state index in [0.717, 1.165) is 36.5 Å². The van der Waals surface area contributed by atoms with Crippen molar-refractivity contribution in [3.63, 3.8) is 0 Å². The number of fused-ring (bicyclic) bond motifs is 1. The number of aryl methyl sites for hydroxylation is 2. The molecule has 0 unspecified atom stereocenters. The van der Waals surface area contributed by atoms with Gasteiger partial charge in [-0.25, -0.2) is 9.66 Å². The van der Waals surface area contributed by atoms with Crippen LogP contribution >= 0.6 is 0 Å². The molecule has 0 amide bonds. The fraction of sp³-hybridized carbons (Fsp3) is 0.400. The molecule has 0 spiro atoms. The number of aromatic nitrogens is 2. The zero-order valence-electron chi connectivity index (χ0n) is 12.1. The van der Waals surface area contributed by atoms with Crippen LogP contribution in [0.5, 0.6) is 0 Å². The molecule has 2 heterocycles. The summed E-state index contributed by atoms with van der Waals surface area (Å²) in [5.74, 6) is 7.28. The molecule has 1 aromatic carbocycles. The van der Waals surface area contributed by atoms with Crippen LogP contribution in [0, 0.1) is 0 Å². The van der Waals surface area contributed by atoms with Gasteiger partial charge in [-0.15, -0.1) is 0 Å². The molecule has 2 aromatic rings. The van der Waals surface area contributed by atoms with Gasteiger partial charge < -0.3 is 16.5 Å². The molecule has 106 valence electrons. The molecule has 0 saturated heterocycles. The number of benzene rings is 1. The van der Waals surface area contributed by atoms with Crippen molar-refractivity contribution in [2.45, 2.75) is 26.2 Å². The molecule has 1 aliphatic rings. The number of imidazole rings is 1. The summed E-state index contributed by atoms with van der Waals surface area (Å²) in [6.45, 7) is 3.14. The maximum atomic E-state index is 6.08. The van der Waals surface area contributed by atoms with E-state index in [2.05, 4.69) is 35.1 Å². The fourth-order valence-corrected chi connectivity index (χ4v) is 2.89. The Kier molecular flexibility index (Phi) is 3.04. The summed E-state index contributed by atoms with van der Waals surface area (Å²) in [7, 11) is 2.13. The van der Waals surface area contributed by atoms with Gasteiger partial charge in [0.15, 0.2) is 5.82 Å². The Morgan fingerprint density at radius 3 is 2.85 bits per heavy atom. The minimum absolute atomic E-state index is 0.533. The number of hydrogen-bond donors (Lipinski definition) is 2. The molecule has 4 N–H and O–H groups in total. The molecule has 20 heavy (non-hydrogen) atoms. The Morgan fingerprint density at radius 2 is 2.15 bits per heavy atom. The molecule has 0 aliphatic carbocycles. The van der Waals surface area contributed by atoms with Gasteiger partial charge >= 0.3 is 0 Å². The van der Waals surface area contributed by atoms with E-state index < -0.39 is 0 Å². The zero-order chi connectivity index (χ0) is 14.3. The van der Waals surface area contributed by atoms with Gasteiger partial charge in [0.25, 0.3) is 0 Å². The highest BCUT2D eigenvalue weighted by Gasteiger charge is 2.17. The van der Waals surface area contributed by atoms with Crippen LogP contribution in [0.4, 0.5) is 11.5 Å². The Hall–Kier alpha value is -2.17. The van der Waals surface area contributed by atoms with Crippen LogP contribution in [0.15, 0.2) is 18.2 Å². The van der Waals surface area contributed by atoms with Crippen molar-refractivity contribution in [3.8, 4) is 11.3 Å². The second-order valence-electron chi connectivity index (χ2n) is 5.35. The van der Waals surface area contributed by atoms with Crippen molar-refractivity contribution in [3.05, 3.63) is 29.6 Å². The third-order valence-electron chi connectivity index (χ3n) is 4.04. The highest BCUT2D eigenvalue weighted by Crippen LogP contribution is 2.32. The summed E-state index contributed by atoms with van der Waals surface area (Å²) < 4.78 is 1.49. The summed E-state index contributed by atoms with van der Waals surface area (Å²) in [5.41, 5.74) is 10.6. The van der Waals surface area contributed by atoms with E-state index in [0.29, 0.717) is 5.82 Å². The van der Waals surface area contributed by atoms with E-state index in [4.69, 9.17) is 11.6 Å². The van der Waals surface area contributed by atoms with Crippen molar-refractivity contribution < 1.29 is 0 Å². The normalized spacial score (nSPS) is 14.4. The van der Waals surface area contributed by atoms with Gasteiger partial charge in [-0.1, -0.05) is 13.0 Å². The van der Waals surface area contributed by atoms with Crippen LogP contribution in [-0.4, -0.2) is 23.3 Å². The Morgan fingerprint density at radius 1 is 1.35 bits per heavy atom. The lowest BCUT2D eigenvalue weighted by Gasteiger charge is -2.27. The summed E-state index contributed by atoms with van der Waals surface area (Å²) in [4.78, 5) is 6.86. The number of nitrogens with zero attached hydrogens (tertiary/aromatic N) is 3. The van der Waals surface area contributed by atoms with E-state index in [1.54, 1.807) is 0 Å². The minimum Gasteiger partial charge on any atom is -0.382 e. The highest BCUT2D eigenvalue weighted by molar-refractivity contribution is 5.74. The third-order valence-corrected chi connectivity index (χ3v) is 4.04. The molecule has 1 aromatic heterocycles. The lowest BCUT2D eigenvalue weighted by molar-refractivity contribution is 0.745. The van der Waals surface area contributed by atoms with Crippen LogP contribution in [0.2, 0.25) is 0 Å². The second-order valence-corrected chi connectivity index (χ2v) is 5.35. The standard InChI is InChI=1S/C15H21N5/c1-3-13-18-14(15(16)20(13)17)11-6-7-12-10(9-11)5-4-8-19(12)2/h6-7,9H,3-5,8,16-17H2,1-2H3. The number of hydrogen-bond acceptors (Lipinski definition) is 4. The van der Waals surface area contributed by atoms with Crippen LogP contribution in [0.1, 0.15) is 24.7 Å². The second kappa shape index (κ2) is 4.74. The molecular weight excluding hydrogens is 250 g/mol. The first-order valence-corrected chi connectivity index (χ1v) is 7.08. The van der Waals surface area contributed by atoms with Crippen LogP contribution in [0.3, 0.4) is 0 Å². The molecular formula is C15H21N5. The van der Waals surface area contributed by atoms with Gasteiger partial charge in [-0.05, 0) is 30.5 Å². The van der Waals surface area contributed by atoms with Crippen molar-refractivity contribution in [1.82, 2.24) is 9.66 Å². The monoisotopic (exact) mass is 271 g/mol. The van der Waals surface area contributed by atoms with E-state index in [-0.39, 0.29) is 0 Å². The highest BCUT2D eigenvalue weighted by atomic mass is 15.4. The first kappa shape index (κ1) is 12.8. The topological polar surface area (TPSA) is 73.1 Å². The van der Waals surface area contributed by atoms with E-state index in [9.17, 15) is 0 Å². The number of rotatable bonds is 2. The smallest absolute Gasteiger partial charge is 0.150 e. The number of nitrogen functional groups attached to an aromatic ring is 2. The van der Waals surface area contributed by atoms with Gasteiger partial charge in [0.05, 0.1) is 0 Å². The van der Waals surface area contributed by atoms with Crippen molar-refractivity contribution in [2.75, 3.05) is 30.1 Å². The SMILES string of the molecule is CCc1nc(-c2ccc3c(c2)CCCN3C)c(N)n1N. The molecule has 0 atom stereocenters. The average Bonchev–Trinajstić information content (AvgIpc) is 2.75. The van der Waals surface area contributed by atoms with E-state index in [1.165, 1.54) is 22.3 Å². The Labute approximate surface area is 119 Å². The van der Waals surface area contributed by atoms with Gasteiger partial charge in [0.2, 0.25) is 0 Å². The quantitative estimate of drug-likeness (QED) is 0.817. The zero-order valence-corrected chi connectivity index (χ0v) is 12.1. The van der Waals surface area contributed by atoms with Gasteiger partial charge in [-0.3, -0.25) is 0 Å². The fourth-order valence-electron chi connectivity index (χ4n) is 2.89. The largest absolute Gasteiger partial charge is 0.382 e. The molecule has 1 aliphatic heterocycles. The summed E-state index contributed by atoms with van der Waals surface area (Å²) in [6.07, 6.45) is 3.07. The summed E-state index contributed by atoms with van der Waals surface area (Å²) >= 11 is 0. The molecule has 0 bridgehead atoms. The molecule has 0 radical (unpaired) electrons. The lowest BCUT2D eigenvalue weighted by atomic mass is 9.98. The first-order chi connectivity index (χ1) is 9.61. The van der Waals surface area contributed by atoms with Crippen molar-refractivity contribution >= 4 is 11.5 Å². The summed E-state index contributed by atoms with van der Waals surface area (Å²) in [6, 6.07) is 6.44. The van der Waals surface area contributed by atoms with Crippen LogP contribution in [-0.2, 0) is 12.8 Å². The molecule has 5 nitrogen and oxygen atoms in total. The maximum absolute atomic E-state index is 6.08. The molecule has 0 saturated carbocycles. The first-order valence-electron chi connectivity index (χ1n) is 7.08. The predicted octanol–water partition coefficient (Wildman–Crippen LogP) is 1.79. The lowest BCUT2D eigenvalue weighted by Crippen LogP contribution is -2.24. The Balaban J connectivity index is 2.07. The number of nitrogens with two attached hydrogens (primary N) is 2. The van der Waals surface area contributed by atoms with Crippen molar-refractivity contribution in [1.29, 1.82) is 0 Å². The van der Waals surface area contributed by atoms with E-state index >= 15 is 0 Å². The third kappa shape index (κ3) is 1.90. The Bertz CT molecular complexity index is 644. The number of anilines is 2. The minimum atomic E-state index is 0.533. The van der Waals surface area contributed by atoms with Gasteiger partial charge in [-0.2, -0.15) is 0 Å². The van der Waals surface area contributed by atoms with Gasteiger partial charge in [0.1, 0.15) is 11.5 Å². The van der Waals surface area contributed by atoms with Gasteiger partial charge in [0, 0.05) is 31.3 Å². The van der Waals surface area contributed by atoms with Crippen molar-refractivity contribution in [2.24, 2.45) is 0 Å². The molecule has 5 heteroatoms. The predicted molar refractivity (Wildman–Crippen MR) is 83.2 cm³/mol. The van der Waals surface area contributed by atoms with Crippen LogP contribution < -0.4 is 16.5 Å². The van der Waals surface area contributed by atoms with Crippen LogP contribution in [0.25, 0.3) is 11.3 Å². The maximum Gasteiger partial charge on any atom is 0.150 e. The molecule has 3 rings (SSSR count). The average molecular weight is 271 g/mol.